The summed E-state index contributed by atoms with van der Waals surface area (Å²) in [7, 11) is 0. The smallest absolute Gasteiger partial charge is 0.275 e. The molecule has 2 amide bonds. The molecule has 0 radical (unpaired) electrons. The number of nitrogens with one attached hydrogen (secondary N) is 4. The first-order valence-corrected chi connectivity index (χ1v) is 14.8. The fourth-order valence-electron chi connectivity index (χ4n) is 5.02. The molecule has 0 saturated carbocycles. The van der Waals surface area contributed by atoms with Crippen molar-refractivity contribution in [2.45, 2.75) is 66.7 Å². The highest BCUT2D eigenvalue weighted by Gasteiger charge is 2.22. The topological polar surface area (TPSA) is 118 Å². The Labute approximate surface area is 255 Å². The maximum atomic E-state index is 13.1. The first-order chi connectivity index (χ1) is 19.9. The Morgan fingerprint density at radius 1 is 0.714 bits per heavy atom. The lowest BCUT2D eigenvalue weighted by atomic mass is 10.1. The lowest BCUT2D eigenvalue weighted by molar-refractivity contribution is 0.0928. The third-order valence-corrected chi connectivity index (χ3v) is 8.51. The summed E-state index contributed by atoms with van der Waals surface area (Å²) < 4.78 is 4.34. The first kappa shape index (κ1) is 31.2. The normalized spacial score (nSPS) is 11.1. The second-order valence-corrected chi connectivity index (χ2v) is 11.0. The number of benzene rings is 2. The number of halogens is 1. The number of hydrogen-bond donors (Lipinski definition) is 4. The number of para-hydroxylation sites is 4. The van der Waals surface area contributed by atoms with Crippen LogP contribution in [-0.2, 0) is 26.2 Å². The highest BCUT2D eigenvalue weighted by molar-refractivity contribution is 7.16. The maximum absolute atomic E-state index is 13.1. The molecule has 0 saturated heterocycles. The standard InChI is InChI=1S/C30H36N8O2S.ClH/c1-5-15-37-23-13-9-7-11-21(23)33-25(37)17-31-35-29(39)27-19(3)20(4)28(41-27)30(40)36-32-18-26-34-22-12-8-10-14-24(22)38(26)16-6-2;/h7-14,31-32H,5-6,15-18H2,1-4H3,(H,35,39)(H,36,40);1H. The van der Waals surface area contributed by atoms with E-state index in [2.05, 4.69) is 56.8 Å². The van der Waals surface area contributed by atoms with Gasteiger partial charge in [-0.05, 0) is 62.1 Å². The minimum absolute atomic E-state index is 0. The van der Waals surface area contributed by atoms with Gasteiger partial charge in [0.25, 0.3) is 11.8 Å². The van der Waals surface area contributed by atoms with Gasteiger partial charge in [0.1, 0.15) is 11.6 Å². The molecule has 12 heteroatoms. The van der Waals surface area contributed by atoms with Gasteiger partial charge in [0.15, 0.2) is 0 Å². The van der Waals surface area contributed by atoms with E-state index in [0.717, 1.165) is 70.8 Å². The highest BCUT2D eigenvalue weighted by Crippen LogP contribution is 2.27. The average molecular weight is 609 g/mol. The van der Waals surface area contributed by atoms with Gasteiger partial charge in [0, 0.05) is 13.1 Å². The Hall–Kier alpha value is -3.77. The monoisotopic (exact) mass is 608 g/mol. The Kier molecular flexibility index (Phi) is 10.3. The van der Waals surface area contributed by atoms with Crippen molar-refractivity contribution < 1.29 is 9.59 Å². The molecule has 3 aromatic heterocycles. The fourth-order valence-corrected chi connectivity index (χ4v) is 6.12. The molecule has 42 heavy (non-hydrogen) atoms. The van der Waals surface area contributed by atoms with E-state index in [4.69, 9.17) is 9.97 Å². The number of hydrogen-bond acceptors (Lipinski definition) is 7. The zero-order valence-electron chi connectivity index (χ0n) is 24.3. The summed E-state index contributed by atoms with van der Waals surface area (Å²) in [6.45, 7) is 10.4. The third-order valence-electron chi connectivity index (χ3n) is 7.12. The van der Waals surface area contributed by atoms with Gasteiger partial charge in [-0.25, -0.2) is 20.8 Å². The molecule has 3 heterocycles. The van der Waals surface area contributed by atoms with Crippen LogP contribution in [-0.4, -0.2) is 30.9 Å². The van der Waals surface area contributed by atoms with Crippen LogP contribution in [0.1, 0.15) is 68.8 Å². The van der Waals surface area contributed by atoms with Crippen molar-refractivity contribution in [1.29, 1.82) is 0 Å². The fraction of sp³-hybridized carbons (Fsp3) is 0.333. The van der Waals surface area contributed by atoms with Crippen molar-refractivity contribution in [3.63, 3.8) is 0 Å². The zero-order valence-corrected chi connectivity index (χ0v) is 25.9. The number of thiophene rings is 1. The summed E-state index contributed by atoms with van der Waals surface area (Å²) in [5.74, 6) is 1.14. The molecular formula is C30H37ClN8O2S. The quantitative estimate of drug-likeness (QED) is 0.145. The van der Waals surface area contributed by atoms with Gasteiger partial charge >= 0.3 is 0 Å². The largest absolute Gasteiger partial charge is 0.327 e. The summed E-state index contributed by atoms with van der Waals surface area (Å²) in [4.78, 5) is 36.6. The number of fused-ring (bicyclic) bond motifs is 2. The molecule has 4 N–H and O–H groups in total. The molecule has 0 aliphatic rings. The number of hydrazine groups is 2. The Morgan fingerprint density at radius 3 is 1.52 bits per heavy atom. The molecule has 0 aliphatic carbocycles. The molecule has 2 aromatic carbocycles. The van der Waals surface area contributed by atoms with Crippen molar-refractivity contribution in [2.24, 2.45) is 0 Å². The van der Waals surface area contributed by atoms with Crippen LogP contribution in [0.25, 0.3) is 22.1 Å². The minimum Gasteiger partial charge on any atom is -0.327 e. The zero-order chi connectivity index (χ0) is 28.9. The van der Waals surface area contributed by atoms with E-state index in [-0.39, 0.29) is 24.2 Å². The van der Waals surface area contributed by atoms with Crippen molar-refractivity contribution in [1.82, 2.24) is 40.8 Å². The van der Waals surface area contributed by atoms with Crippen molar-refractivity contribution in [3.8, 4) is 0 Å². The maximum Gasteiger partial charge on any atom is 0.275 e. The van der Waals surface area contributed by atoms with Gasteiger partial charge in [-0.15, -0.1) is 23.7 Å². The number of aryl methyl sites for hydroxylation is 2. The number of carbonyl (C=O) groups excluding carboxylic acids is 2. The van der Waals surface area contributed by atoms with Crippen LogP contribution in [0.5, 0.6) is 0 Å². The lowest BCUT2D eigenvalue weighted by Crippen LogP contribution is -2.37. The van der Waals surface area contributed by atoms with Crippen LogP contribution in [0.3, 0.4) is 0 Å². The van der Waals surface area contributed by atoms with E-state index < -0.39 is 0 Å². The molecule has 5 rings (SSSR count). The van der Waals surface area contributed by atoms with Gasteiger partial charge in [-0.1, -0.05) is 38.1 Å². The van der Waals surface area contributed by atoms with Crippen LogP contribution in [0.15, 0.2) is 48.5 Å². The number of rotatable bonds is 12. The molecule has 0 spiro atoms. The predicted octanol–water partition coefficient (Wildman–Crippen LogP) is 5.18. The summed E-state index contributed by atoms with van der Waals surface area (Å²) >= 11 is 1.18. The van der Waals surface area contributed by atoms with E-state index in [9.17, 15) is 9.59 Å². The average Bonchev–Trinajstić information content (AvgIpc) is 3.61. The van der Waals surface area contributed by atoms with Crippen LogP contribution >= 0.6 is 23.7 Å². The number of amides is 2. The van der Waals surface area contributed by atoms with Gasteiger partial charge in [0.05, 0.1) is 44.9 Å². The lowest BCUT2D eigenvalue weighted by Gasteiger charge is -2.10. The molecule has 0 unspecified atom stereocenters. The first-order valence-electron chi connectivity index (χ1n) is 14.0. The Morgan fingerprint density at radius 2 is 1.12 bits per heavy atom. The van der Waals surface area contributed by atoms with E-state index in [1.165, 1.54) is 11.3 Å². The van der Waals surface area contributed by atoms with Crippen molar-refractivity contribution in [2.75, 3.05) is 0 Å². The molecule has 0 aliphatic heterocycles. The van der Waals surface area contributed by atoms with Gasteiger partial charge < -0.3 is 9.13 Å². The van der Waals surface area contributed by atoms with Crippen molar-refractivity contribution >= 4 is 57.6 Å². The summed E-state index contributed by atoms with van der Waals surface area (Å²) in [6, 6.07) is 16.0. The molecule has 0 atom stereocenters. The number of imidazole rings is 2. The number of carbonyl (C=O) groups is 2. The predicted molar refractivity (Wildman–Crippen MR) is 170 cm³/mol. The number of nitrogens with zero attached hydrogens (tertiary/aromatic N) is 4. The van der Waals surface area contributed by atoms with Gasteiger partial charge in [0.2, 0.25) is 0 Å². The van der Waals surface area contributed by atoms with E-state index in [1.54, 1.807) is 0 Å². The van der Waals surface area contributed by atoms with Crippen molar-refractivity contribution in [3.05, 3.63) is 81.1 Å². The molecule has 5 aromatic rings. The Bertz CT molecular complexity index is 1580. The summed E-state index contributed by atoms with van der Waals surface area (Å²) in [5.41, 5.74) is 17.2. The SMILES string of the molecule is CCCn1c(CNNC(=O)c2sc(C(=O)NNCc3nc4ccccc4n3CCC)c(C)c2C)nc2ccccc21.Cl. The van der Waals surface area contributed by atoms with Crippen LogP contribution in [0, 0.1) is 13.8 Å². The van der Waals surface area contributed by atoms with Crippen LogP contribution in [0.2, 0.25) is 0 Å². The molecule has 0 fully saturated rings. The van der Waals surface area contributed by atoms with Gasteiger partial charge in [-0.2, -0.15) is 0 Å². The number of aromatic nitrogens is 4. The van der Waals surface area contributed by atoms with Gasteiger partial charge in [-0.3, -0.25) is 20.4 Å². The van der Waals surface area contributed by atoms with E-state index in [1.807, 2.05) is 50.2 Å². The van der Waals surface area contributed by atoms with Crippen LogP contribution < -0.4 is 21.7 Å². The van der Waals surface area contributed by atoms with E-state index in [0.29, 0.717) is 22.8 Å². The summed E-state index contributed by atoms with van der Waals surface area (Å²) in [6.07, 6.45) is 1.96. The highest BCUT2D eigenvalue weighted by atomic mass is 35.5. The molecular weight excluding hydrogens is 572 g/mol. The third kappa shape index (κ3) is 6.34. The Balaban J connectivity index is 0.00000405. The molecule has 222 valence electrons. The van der Waals surface area contributed by atoms with E-state index >= 15 is 0 Å². The summed E-state index contributed by atoms with van der Waals surface area (Å²) in [5, 5.41) is 0. The van der Waals surface area contributed by atoms with Crippen LogP contribution in [0.4, 0.5) is 0 Å². The second-order valence-electron chi connectivity index (χ2n) is 9.96. The molecule has 0 bridgehead atoms. The minimum atomic E-state index is -0.283. The second kappa shape index (κ2) is 13.9. The molecule has 10 nitrogen and oxygen atoms in total.